The van der Waals surface area contributed by atoms with Crippen LogP contribution in [0.5, 0.6) is 0 Å². The minimum atomic E-state index is 0.223. The van der Waals surface area contributed by atoms with Gasteiger partial charge in [-0.2, -0.15) is 0 Å². The summed E-state index contributed by atoms with van der Waals surface area (Å²) in [5.74, 6) is 0.338. The Bertz CT molecular complexity index is 619. The Morgan fingerprint density at radius 1 is 1.19 bits per heavy atom. The molecule has 2 heterocycles. The Hall–Kier alpha value is -1.61. The number of ether oxygens (including phenoxy) is 1. The van der Waals surface area contributed by atoms with Gasteiger partial charge in [0.05, 0.1) is 12.1 Å². The lowest BCUT2D eigenvalue weighted by Gasteiger charge is -2.46. The number of allylic oxidation sites excluding steroid dienone is 1. The molecule has 21 heavy (non-hydrogen) atoms. The molecular formula is C18H21NO2. The number of benzene rings is 1. The third kappa shape index (κ3) is 2.03. The third-order valence-electron chi connectivity index (χ3n) is 5.29. The number of methoxy groups -OCH3 is 1. The molecule has 0 amide bonds. The standard InChI is InChI=1S/C18H21NO2/c1-21-13-6-7-16-15(10-13)18(20)11-17-14-5-3-2-4-12(14)8-9-19(16)17/h2-5,13,17H,6-11H2,1H3. The zero-order valence-electron chi connectivity index (χ0n) is 12.5. The summed E-state index contributed by atoms with van der Waals surface area (Å²) in [6, 6.07) is 8.88. The monoisotopic (exact) mass is 283 g/mol. The van der Waals surface area contributed by atoms with E-state index in [0.717, 1.165) is 37.8 Å². The van der Waals surface area contributed by atoms with Crippen molar-refractivity contribution in [2.45, 2.75) is 44.2 Å². The maximum atomic E-state index is 12.6. The lowest BCUT2D eigenvalue weighted by molar-refractivity contribution is -0.118. The van der Waals surface area contributed by atoms with Gasteiger partial charge in [0.25, 0.3) is 0 Å². The highest BCUT2D eigenvalue weighted by Crippen LogP contribution is 2.44. The van der Waals surface area contributed by atoms with Crippen molar-refractivity contribution in [2.75, 3.05) is 13.7 Å². The lowest BCUT2D eigenvalue weighted by Crippen LogP contribution is -2.42. The van der Waals surface area contributed by atoms with Gasteiger partial charge in [-0.3, -0.25) is 4.79 Å². The molecule has 0 radical (unpaired) electrons. The number of Topliss-reactive ketones (excluding diaryl/α,β-unsaturated/α-hetero) is 1. The van der Waals surface area contributed by atoms with Crippen LogP contribution in [0.4, 0.5) is 0 Å². The van der Waals surface area contributed by atoms with Gasteiger partial charge in [0, 0.05) is 37.8 Å². The molecule has 110 valence electrons. The molecule has 2 atom stereocenters. The summed E-state index contributed by atoms with van der Waals surface area (Å²) < 4.78 is 5.48. The van der Waals surface area contributed by atoms with Crippen LogP contribution in [0, 0.1) is 0 Å². The molecule has 1 aromatic rings. The summed E-state index contributed by atoms with van der Waals surface area (Å²) in [5.41, 5.74) is 5.13. The van der Waals surface area contributed by atoms with Crippen molar-refractivity contribution in [3.05, 3.63) is 46.7 Å². The Morgan fingerprint density at radius 2 is 2.05 bits per heavy atom. The molecule has 0 aromatic heterocycles. The quantitative estimate of drug-likeness (QED) is 0.793. The number of carbonyl (C=O) groups excluding carboxylic acids is 1. The second kappa shape index (κ2) is 4.99. The molecule has 0 saturated carbocycles. The van der Waals surface area contributed by atoms with E-state index < -0.39 is 0 Å². The zero-order chi connectivity index (χ0) is 14.4. The largest absolute Gasteiger partial charge is 0.381 e. The summed E-state index contributed by atoms with van der Waals surface area (Å²) in [7, 11) is 1.75. The Morgan fingerprint density at radius 3 is 2.90 bits per heavy atom. The number of fused-ring (bicyclic) bond motifs is 4. The summed E-state index contributed by atoms with van der Waals surface area (Å²) in [6.07, 6.45) is 4.76. The predicted octanol–water partition coefficient (Wildman–Crippen LogP) is 3.01. The van der Waals surface area contributed by atoms with E-state index in [1.54, 1.807) is 7.11 Å². The van der Waals surface area contributed by atoms with Crippen molar-refractivity contribution in [1.82, 2.24) is 4.90 Å². The third-order valence-corrected chi connectivity index (χ3v) is 5.29. The van der Waals surface area contributed by atoms with Gasteiger partial charge in [0.15, 0.2) is 5.78 Å². The summed E-state index contributed by atoms with van der Waals surface area (Å²) >= 11 is 0. The van der Waals surface area contributed by atoms with Crippen LogP contribution in [0.25, 0.3) is 0 Å². The first-order valence-corrected chi connectivity index (χ1v) is 7.90. The highest BCUT2D eigenvalue weighted by molar-refractivity contribution is 5.97. The fraction of sp³-hybridized carbons (Fsp3) is 0.500. The summed E-state index contributed by atoms with van der Waals surface area (Å²) in [4.78, 5) is 15.1. The van der Waals surface area contributed by atoms with Gasteiger partial charge >= 0.3 is 0 Å². The minimum Gasteiger partial charge on any atom is -0.381 e. The van der Waals surface area contributed by atoms with Crippen molar-refractivity contribution in [3.8, 4) is 0 Å². The van der Waals surface area contributed by atoms with Crippen LogP contribution in [0.2, 0.25) is 0 Å². The molecule has 0 saturated heterocycles. The van der Waals surface area contributed by atoms with Crippen LogP contribution in [-0.4, -0.2) is 30.4 Å². The van der Waals surface area contributed by atoms with Gasteiger partial charge < -0.3 is 9.64 Å². The first-order valence-electron chi connectivity index (χ1n) is 7.90. The fourth-order valence-electron chi connectivity index (χ4n) is 4.18. The molecule has 0 N–H and O–H groups in total. The van der Waals surface area contributed by atoms with Gasteiger partial charge in [0.2, 0.25) is 0 Å². The lowest BCUT2D eigenvalue weighted by atomic mass is 9.79. The number of nitrogens with zero attached hydrogens (tertiary/aromatic N) is 1. The predicted molar refractivity (Wildman–Crippen MR) is 80.9 cm³/mol. The molecule has 0 bridgehead atoms. The van der Waals surface area contributed by atoms with Crippen LogP contribution < -0.4 is 0 Å². The summed E-state index contributed by atoms with van der Waals surface area (Å²) in [6.45, 7) is 1.05. The van der Waals surface area contributed by atoms with Crippen molar-refractivity contribution < 1.29 is 9.53 Å². The maximum Gasteiger partial charge on any atom is 0.163 e. The highest BCUT2D eigenvalue weighted by atomic mass is 16.5. The van der Waals surface area contributed by atoms with E-state index in [2.05, 4.69) is 29.2 Å². The molecule has 2 aliphatic heterocycles. The summed E-state index contributed by atoms with van der Waals surface area (Å²) in [5, 5.41) is 0. The molecule has 1 aromatic carbocycles. The van der Waals surface area contributed by atoms with Crippen molar-refractivity contribution in [1.29, 1.82) is 0 Å². The van der Waals surface area contributed by atoms with Gasteiger partial charge in [-0.25, -0.2) is 0 Å². The molecule has 2 unspecified atom stereocenters. The maximum absolute atomic E-state index is 12.6. The molecule has 3 heteroatoms. The average molecular weight is 283 g/mol. The van der Waals surface area contributed by atoms with Crippen molar-refractivity contribution >= 4 is 5.78 Å². The van der Waals surface area contributed by atoms with E-state index >= 15 is 0 Å². The van der Waals surface area contributed by atoms with E-state index in [1.807, 2.05) is 0 Å². The highest BCUT2D eigenvalue weighted by Gasteiger charge is 2.39. The van der Waals surface area contributed by atoms with E-state index in [4.69, 9.17) is 4.74 Å². The fourth-order valence-corrected chi connectivity index (χ4v) is 4.18. The van der Waals surface area contributed by atoms with Crippen LogP contribution in [0.15, 0.2) is 35.5 Å². The van der Waals surface area contributed by atoms with Crippen LogP contribution in [0.3, 0.4) is 0 Å². The van der Waals surface area contributed by atoms with E-state index in [0.29, 0.717) is 12.2 Å². The van der Waals surface area contributed by atoms with Crippen LogP contribution >= 0.6 is 0 Å². The first-order chi connectivity index (χ1) is 10.3. The van der Waals surface area contributed by atoms with Gasteiger partial charge in [-0.1, -0.05) is 24.3 Å². The molecule has 3 nitrogen and oxygen atoms in total. The van der Waals surface area contributed by atoms with E-state index in [9.17, 15) is 4.79 Å². The minimum absolute atomic E-state index is 0.223. The normalized spacial score (nSPS) is 28.0. The first kappa shape index (κ1) is 13.1. The van der Waals surface area contributed by atoms with E-state index in [-0.39, 0.29) is 12.1 Å². The number of rotatable bonds is 1. The smallest absolute Gasteiger partial charge is 0.163 e. The molecule has 0 fully saturated rings. The zero-order valence-corrected chi connectivity index (χ0v) is 12.5. The Balaban J connectivity index is 1.73. The number of hydrogen-bond acceptors (Lipinski definition) is 3. The molecule has 4 rings (SSSR count). The SMILES string of the molecule is COC1CCC2=C(C1)C(=O)CC1c3ccccc3CCN21. The van der Waals surface area contributed by atoms with Crippen molar-refractivity contribution in [2.24, 2.45) is 0 Å². The number of hydrogen-bond donors (Lipinski definition) is 0. The van der Waals surface area contributed by atoms with Gasteiger partial charge in [-0.05, 0) is 30.4 Å². The molecular weight excluding hydrogens is 262 g/mol. The topological polar surface area (TPSA) is 29.5 Å². The molecule has 0 spiro atoms. The second-order valence-electron chi connectivity index (χ2n) is 6.31. The Labute approximate surface area is 125 Å². The molecule has 3 aliphatic rings. The second-order valence-corrected chi connectivity index (χ2v) is 6.31. The number of ketones is 1. The van der Waals surface area contributed by atoms with Crippen LogP contribution in [0.1, 0.15) is 42.9 Å². The van der Waals surface area contributed by atoms with Crippen molar-refractivity contribution in [3.63, 3.8) is 0 Å². The van der Waals surface area contributed by atoms with Gasteiger partial charge in [-0.15, -0.1) is 0 Å². The Kier molecular flexibility index (Phi) is 3.11. The average Bonchev–Trinajstić information content (AvgIpc) is 2.54. The molecule has 1 aliphatic carbocycles. The van der Waals surface area contributed by atoms with E-state index in [1.165, 1.54) is 16.8 Å². The van der Waals surface area contributed by atoms with Crippen LogP contribution in [-0.2, 0) is 16.0 Å². The van der Waals surface area contributed by atoms with Gasteiger partial charge in [0.1, 0.15) is 0 Å². The number of carbonyl (C=O) groups is 1.